The molecule has 1 unspecified atom stereocenters. The maximum Gasteiger partial charge on any atom is 0.129 e. The van der Waals surface area contributed by atoms with E-state index < -0.39 is 6.10 Å². The molecule has 22 heavy (non-hydrogen) atoms. The van der Waals surface area contributed by atoms with Gasteiger partial charge in [0.25, 0.3) is 0 Å². The van der Waals surface area contributed by atoms with E-state index in [1.54, 1.807) is 0 Å². The molecule has 0 spiro atoms. The lowest BCUT2D eigenvalue weighted by Crippen LogP contribution is -2.32. The lowest BCUT2D eigenvalue weighted by atomic mass is 10.1. The van der Waals surface area contributed by atoms with E-state index in [1.807, 2.05) is 30.3 Å². The standard InChI is InChI=1S/C18H20N2O2/c21-13(10-19-12-8-9-12)11-22-17-7-3-6-16-18(17)14-4-1-2-5-15(14)20-16/h1-7,12-13,19-21H,8-11H2. The van der Waals surface area contributed by atoms with Crippen molar-refractivity contribution >= 4 is 21.8 Å². The van der Waals surface area contributed by atoms with Crippen LogP contribution in [0.1, 0.15) is 12.8 Å². The normalized spacial score (nSPS) is 16.2. The van der Waals surface area contributed by atoms with E-state index in [1.165, 1.54) is 12.8 Å². The number of rotatable bonds is 6. The molecule has 2 aromatic carbocycles. The number of aliphatic hydroxyl groups is 1. The van der Waals surface area contributed by atoms with Crippen LogP contribution in [0.4, 0.5) is 0 Å². The van der Waals surface area contributed by atoms with Crippen LogP contribution in [-0.2, 0) is 0 Å². The third kappa shape index (κ3) is 2.67. The Labute approximate surface area is 129 Å². The van der Waals surface area contributed by atoms with Gasteiger partial charge in [-0.25, -0.2) is 0 Å². The summed E-state index contributed by atoms with van der Waals surface area (Å²) in [6.45, 7) is 0.896. The summed E-state index contributed by atoms with van der Waals surface area (Å²) in [4.78, 5) is 3.40. The highest BCUT2D eigenvalue weighted by Crippen LogP contribution is 2.32. The SMILES string of the molecule is OC(CNC1CC1)COc1cccc2[nH]c3ccccc3c12. The van der Waals surface area contributed by atoms with Gasteiger partial charge in [0.1, 0.15) is 18.5 Å². The molecule has 3 aromatic rings. The van der Waals surface area contributed by atoms with Crippen molar-refractivity contribution in [2.24, 2.45) is 0 Å². The van der Waals surface area contributed by atoms with Crippen molar-refractivity contribution in [2.45, 2.75) is 25.0 Å². The first-order valence-electron chi connectivity index (χ1n) is 7.85. The van der Waals surface area contributed by atoms with Crippen molar-refractivity contribution in [3.05, 3.63) is 42.5 Å². The molecule has 1 aliphatic rings. The molecule has 1 saturated carbocycles. The van der Waals surface area contributed by atoms with Crippen LogP contribution in [0.3, 0.4) is 0 Å². The summed E-state index contributed by atoms with van der Waals surface area (Å²) in [7, 11) is 0. The molecular weight excluding hydrogens is 276 g/mol. The Morgan fingerprint density at radius 1 is 1.14 bits per heavy atom. The van der Waals surface area contributed by atoms with Gasteiger partial charge in [-0.1, -0.05) is 24.3 Å². The van der Waals surface area contributed by atoms with Gasteiger partial charge in [0.05, 0.1) is 5.52 Å². The van der Waals surface area contributed by atoms with Gasteiger partial charge in [-0.3, -0.25) is 0 Å². The van der Waals surface area contributed by atoms with Crippen molar-refractivity contribution in [1.29, 1.82) is 0 Å². The Balaban J connectivity index is 1.55. The Bertz CT molecular complexity index is 792. The van der Waals surface area contributed by atoms with E-state index in [2.05, 4.69) is 22.4 Å². The van der Waals surface area contributed by atoms with Crippen LogP contribution in [0, 0.1) is 0 Å². The molecular formula is C18H20N2O2. The predicted molar refractivity (Wildman–Crippen MR) is 88.3 cm³/mol. The van der Waals surface area contributed by atoms with E-state index in [4.69, 9.17) is 4.74 Å². The van der Waals surface area contributed by atoms with Crippen LogP contribution in [0.25, 0.3) is 21.8 Å². The molecule has 3 N–H and O–H groups in total. The number of hydrogen-bond donors (Lipinski definition) is 3. The molecule has 1 heterocycles. The Morgan fingerprint density at radius 3 is 2.82 bits per heavy atom. The van der Waals surface area contributed by atoms with Gasteiger partial charge in [0, 0.05) is 28.9 Å². The number of fused-ring (bicyclic) bond motifs is 3. The first-order valence-corrected chi connectivity index (χ1v) is 7.85. The summed E-state index contributed by atoms with van der Waals surface area (Å²) < 4.78 is 5.89. The number of aliphatic hydroxyl groups excluding tert-OH is 1. The number of para-hydroxylation sites is 1. The summed E-state index contributed by atoms with van der Waals surface area (Å²) in [6.07, 6.45) is 1.96. The summed E-state index contributed by atoms with van der Waals surface area (Å²) in [5, 5.41) is 15.6. The lowest BCUT2D eigenvalue weighted by molar-refractivity contribution is 0.107. The fraction of sp³-hybridized carbons (Fsp3) is 0.333. The molecule has 0 bridgehead atoms. The second-order valence-electron chi connectivity index (χ2n) is 6.00. The first-order chi connectivity index (χ1) is 10.8. The number of hydrogen-bond acceptors (Lipinski definition) is 3. The monoisotopic (exact) mass is 296 g/mol. The smallest absolute Gasteiger partial charge is 0.129 e. The number of nitrogens with one attached hydrogen (secondary N) is 2. The van der Waals surface area contributed by atoms with Crippen LogP contribution in [-0.4, -0.2) is 35.4 Å². The Morgan fingerprint density at radius 2 is 1.95 bits per heavy atom. The maximum atomic E-state index is 10.0. The Hall–Kier alpha value is -2.04. The molecule has 1 aromatic heterocycles. The fourth-order valence-corrected chi connectivity index (χ4v) is 2.82. The molecule has 1 fully saturated rings. The van der Waals surface area contributed by atoms with Crippen molar-refractivity contribution in [3.8, 4) is 5.75 Å². The van der Waals surface area contributed by atoms with Crippen LogP contribution >= 0.6 is 0 Å². The molecule has 0 saturated heterocycles. The molecule has 4 nitrogen and oxygen atoms in total. The van der Waals surface area contributed by atoms with Gasteiger partial charge in [-0.15, -0.1) is 0 Å². The number of benzene rings is 2. The van der Waals surface area contributed by atoms with Crippen LogP contribution in [0.2, 0.25) is 0 Å². The molecule has 0 aliphatic heterocycles. The van der Waals surface area contributed by atoms with E-state index in [9.17, 15) is 5.11 Å². The van der Waals surface area contributed by atoms with Crippen molar-refractivity contribution in [2.75, 3.05) is 13.2 Å². The first kappa shape index (κ1) is 13.6. The second-order valence-corrected chi connectivity index (χ2v) is 6.00. The van der Waals surface area contributed by atoms with Gasteiger partial charge < -0.3 is 20.1 Å². The lowest BCUT2D eigenvalue weighted by Gasteiger charge is -2.13. The number of aromatic nitrogens is 1. The minimum absolute atomic E-state index is 0.304. The van der Waals surface area contributed by atoms with Gasteiger partial charge in [-0.05, 0) is 31.0 Å². The third-order valence-electron chi connectivity index (χ3n) is 4.14. The molecule has 4 heteroatoms. The predicted octanol–water partition coefficient (Wildman–Crippen LogP) is 2.81. The molecule has 4 rings (SSSR count). The number of aromatic amines is 1. The number of ether oxygens (including phenoxy) is 1. The third-order valence-corrected chi connectivity index (χ3v) is 4.14. The summed E-state index contributed by atoms with van der Waals surface area (Å²) in [6, 6.07) is 14.8. The zero-order valence-electron chi connectivity index (χ0n) is 12.4. The highest BCUT2D eigenvalue weighted by atomic mass is 16.5. The van der Waals surface area contributed by atoms with Crippen molar-refractivity contribution < 1.29 is 9.84 Å². The second kappa shape index (κ2) is 5.63. The van der Waals surface area contributed by atoms with E-state index in [-0.39, 0.29) is 0 Å². The molecule has 114 valence electrons. The van der Waals surface area contributed by atoms with Crippen molar-refractivity contribution in [1.82, 2.24) is 10.3 Å². The van der Waals surface area contributed by atoms with Crippen LogP contribution < -0.4 is 10.1 Å². The van der Waals surface area contributed by atoms with Gasteiger partial charge in [0.2, 0.25) is 0 Å². The molecule has 1 atom stereocenters. The highest BCUT2D eigenvalue weighted by Gasteiger charge is 2.21. The quantitative estimate of drug-likeness (QED) is 0.655. The largest absolute Gasteiger partial charge is 0.490 e. The molecule has 1 aliphatic carbocycles. The van der Waals surface area contributed by atoms with Crippen LogP contribution in [0.5, 0.6) is 5.75 Å². The average Bonchev–Trinajstić information content (AvgIpc) is 3.29. The van der Waals surface area contributed by atoms with E-state index >= 15 is 0 Å². The highest BCUT2D eigenvalue weighted by molar-refractivity contribution is 6.10. The molecule has 0 radical (unpaired) electrons. The van der Waals surface area contributed by atoms with Crippen molar-refractivity contribution in [3.63, 3.8) is 0 Å². The van der Waals surface area contributed by atoms with Crippen LogP contribution in [0.15, 0.2) is 42.5 Å². The number of H-pyrrole nitrogens is 1. The zero-order chi connectivity index (χ0) is 14.9. The summed E-state index contributed by atoms with van der Waals surface area (Å²) in [5.41, 5.74) is 2.16. The summed E-state index contributed by atoms with van der Waals surface area (Å²) in [5.74, 6) is 0.820. The van der Waals surface area contributed by atoms with Gasteiger partial charge in [0.15, 0.2) is 0 Å². The Kier molecular flexibility index (Phi) is 3.48. The topological polar surface area (TPSA) is 57.3 Å². The minimum Gasteiger partial charge on any atom is -0.490 e. The van der Waals surface area contributed by atoms with E-state index in [0.717, 1.165) is 27.6 Å². The maximum absolute atomic E-state index is 10.0. The van der Waals surface area contributed by atoms with Gasteiger partial charge in [-0.2, -0.15) is 0 Å². The zero-order valence-corrected chi connectivity index (χ0v) is 12.4. The van der Waals surface area contributed by atoms with E-state index in [0.29, 0.717) is 19.2 Å². The molecule has 0 amide bonds. The average molecular weight is 296 g/mol. The minimum atomic E-state index is -0.485. The van der Waals surface area contributed by atoms with Gasteiger partial charge >= 0.3 is 0 Å². The fourth-order valence-electron chi connectivity index (χ4n) is 2.82. The summed E-state index contributed by atoms with van der Waals surface area (Å²) >= 11 is 0.